The largest absolute Gasteiger partial charge is 0.373 e. The third-order valence-corrected chi connectivity index (χ3v) is 5.21. The van der Waals surface area contributed by atoms with Gasteiger partial charge in [0.1, 0.15) is 6.04 Å². The third kappa shape index (κ3) is 4.12. The highest BCUT2D eigenvalue weighted by molar-refractivity contribution is 5.88. The van der Waals surface area contributed by atoms with Crippen molar-refractivity contribution in [1.29, 1.82) is 0 Å². The van der Waals surface area contributed by atoms with Crippen LogP contribution in [0.3, 0.4) is 0 Å². The van der Waals surface area contributed by atoms with Crippen LogP contribution < -0.4 is 16.4 Å². The first-order valence-corrected chi connectivity index (χ1v) is 9.21. The van der Waals surface area contributed by atoms with E-state index < -0.39 is 0 Å². The van der Waals surface area contributed by atoms with Crippen molar-refractivity contribution in [3.05, 3.63) is 29.3 Å². The van der Waals surface area contributed by atoms with Gasteiger partial charge >= 0.3 is 0 Å². The minimum absolute atomic E-state index is 0.0588. The highest BCUT2D eigenvalue weighted by Crippen LogP contribution is 2.29. The molecule has 136 valence electrons. The molecule has 25 heavy (non-hydrogen) atoms. The monoisotopic (exact) mass is 344 g/mol. The Bertz CT molecular complexity index is 638. The second-order valence-electron chi connectivity index (χ2n) is 7.07. The van der Waals surface area contributed by atoms with Gasteiger partial charge in [-0.2, -0.15) is 0 Å². The Morgan fingerprint density at radius 2 is 2.08 bits per heavy atom. The number of fused-ring (bicyclic) bond motifs is 1. The van der Waals surface area contributed by atoms with Crippen molar-refractivity contribution in [1.82, 2.24) is 10.2 Å². The van der Waals surface area contributed by atoms with E-state index in [0.29, 0.717) is 26.1 Å². The summed E-state index contributed by atoms with van der Waals surface area (Å²) >= 11 is 0. The number of nitrogens with one attached hydrogen (secondary N) is 2. The number of carbonyl (C=O) groups is 2. The summed E-state index contributed by atoms with van der Waals surface area (Å²) in [6.45, 7) is 4.04. The van der Waals surface area contributed by atoms with E-state index >= 15 is 0 Å². The smallest absolute Gasteiger partial charge is 0.243 e. The van der Waals surface area contributed by atoms with Crippen LogP contribution in [0.25, 0.3) is 0 Å². The van der Waals surface area contributed by atoms with Crippen molar-refractivity contribution in [2.45, 2.75) is 51.1 Å². The fraction of sp³-hybridized carbons (Fsp3) is 0.579. The lowest BCUT2D eigenvalue weighted by molar-refractivity contribution is -0.132. The number of hydrogen-bond donors (Lipinski definition) is 3. The van der Waals surface area contributed by atoms with Gasteiger partial charge in [0.25, 0.3) is 0 Å². The molecule has 2 amide bonds. The lowest BCUT2D eigenvalue weighted by Crippen LogP contribution is -2.49. The quantitative estimate of drug-likeness (QED) is 0.748. The summed E-state index contributed by atoms with van der Waals surface area (Å²) in [5, 5.41) is 6.51. The molecule has 0 saturated carbocycles. The molecule has 0 radical (unpaired) electrons. The van der Waals surface area contributed by atoms with Crippen LogP contribution in [0.1, 0.15) is 36.8 Å². The van der Waals surface area contributed by atoms with E-state index in [1.54, 1.807) is 0 Å². The molecule has 6 heteroatoms. The topological polar surface area (TPSA) is 87.5 Å². The molecule has 4 N–H and O–H groups in total. The number of para-hydroxylation sites is 1. The summed E-state index contributed by atoms with van der Waals surface area (Å²) in [7, 11) is 0. The number of likely N-dealkylation sites (tertiary alicyclic amines) is 1. The summed E-state index contributed by atoms with van der Waals surface area (Å²) in [4.78, 5) is 26.5. The summed E-state index contributed by atoms with van der Waals surface area (Å²) < 4.78 is 0. The number of nitrogens with two attached hydrogens (primary N) is 1. The van der Waals surface area contributed by atoms with Crippen LogP contribution in [0, 0.1) is 6.92 Å². The second kappa shape index (κ2) is 7.87. The first kappa shape index (κ1) is 17.7. The highest BCUT2D eigenvalue weighted by Gasteiger charge is 2.30. The molecule has 0 aliphatic carbocycles. The molecule has 0 bridgehead atoms. The maximum atomic E-state index is 12.6. The zero-order valence-corrected chi connectivity index (χ0v) is 14.9. The minimum Gasteiger partial charge on any atom is -0.373 e. The first-order chi connectivity index (χ1) is 12.1. The van der Waals surface area contributed by atoms with Gasteiger partial charge in [-0.1, -0.05) is 18.2 Å². The molecule has 0 spiro atoms. The minimum atomic E-state index is -0.194. The van der Waals surface area contributed by atoms with Gasteiger partial charge in [-0.3, -0.25) is 9.59 Å². The van der Waals surface area contributed by atoms with Crippen molar-refractivity contribution in [3.63, 3.8) is 0 Å². The van der Waals surface area contributed by atoms with E-state index in [1.807, 2.05) is 11.0 Å². The number of piperidine rings is 1. The Morgan fingerprint density at radius 3 is 2.76 bits per heavy atom. The number of nitrogens with zero attached hydrogens (tertiary/aromatic N) is 1. The number of carbonyl (C=O) groups excluding carboxylic acids is 2. The van der Waals surface area contributed by atoms with Gasteiger partial charge in [0.15, 0.2) is 0 Å². The van der Waals surface area contributed by atoms with Crippen molar-refractivity contribution >= 4 is 17.5 Å². The lowest BCUT2D eigenvalue weighted by Gasteiger charge is -2.33. The van der Waals surface area contributed by atoms with Gasteiger partial charge in [-0.05, 0) is 43.9 Å². The standard InChI is InChI=1S/C19H28N4O2/c1-13-4-2-5-14-12-16(22-18(13)14)19(25)21-15-7-10-23(11-8-15)17(24)6-3-9-20/h2,4-5,15-16,22H,3,6-12,20H2,1H3,(H,21,25). The number of aryl methyl sites for hydroxylation is 1. The molecule has 0 aromatic heterocycles. The fourth-order valence-electron chi connectivity index (χ4n) is 3.69. The van der Waals surface area contributed by atoms with Crippen LogP contribution in [0.2, 0.25) is 0 Å². The molecule has 1 atom stereocenters. The summed E-state index contributed by atoms with van der Waals surface area (Å²) in [6, 6.07) is 6.13. The van der Waals surface area contributed by atoms with Crippen LogP contribution in [-0.4, -0.2) is 48.4 Å². The Hall–Kier alpha value is -2.08. The van der Waals surface area contributed by atoms with Gasteiger partial charge < -0.3 is 21.3 Å². The van der Waals surface area contributed by atoms with Gasteiger partial charge in [-0.25, -0.2) is 0 Å². The summed E-state index contributed by atoms with van der Waals surface area (Å²) in [5.74, 6) is 0.238. The molecule has 2 aliphatic heterocycles. The molecule has 1 saturated heterocycles. The predicted octanol–water partition coefficient (Wildman–Crippen LogP) is 1.18. The fourth-order valence-corrected chi connectivity index (χ4v) is 3.69. The molecule has 2 heterocycles. The van der Waals surface area contributed by atoms with E-state index in [1.165, 1.54) is 11.1 Å². The SMILES string of the molecule is Cc1cccc2c1NC(C(=O)NC1CCN(C(=O)CCCN)CC1)C2. The maximum absolute atomic E-state index is 12.6. The Labute approximate surface area is 149 Å². The normalized spacial score (nSPS) is 20.1. The van der Waals surface area contributed by atoms with Crippen molar-refractivity contribution in [2.24, 2.45) is 5.73 Å². The van der Waals surface area contributed by atoms with Crippen LogP contribution in [-0.2, 0) is 16.0 Å². The van der Waals surface area contributed by atoms with Gasteiger partial charge in [0.05, 0.1) is 0 Å². The lowest BCUT2D eigenvalue weighted by atomic mass is 10.0. The van der Waals surface area contributed by atoms with E-state index in [0.717, 1.165) is 31.4 Å². The number of benzene rings is 1. The average molecular weight is 344 g/mol. The van der Waals surface area contributed by atoms with Crippen LogP contribution >= 0.6 is 0 Å². The molecule has 1 fully saturated rings. The zero-order chi connectivity index (χ0) is 17.8. The van der Waals surface area contributed by atoms with Gasteiger partial charge in [0, 0.05) is 37.7 Å². The van der Waals surface area contributed by atoms with E-state index in [-0.39, 0.29) is 23.9 Å². The number of hydrogen-bond acceptors (Lipinski definition) is 4. The van der Waals surface area contributed by atoms with E-state index in [4.69, 9.17) is 5.73 Å². The molecule has 1 unspecified atom stereocenters. The first-order valence-electron chi connectivity index (χ1n) is 9.21. The summed E-state index contributed by atoms with van der Waals surface area (Å²) in [6.07, 6.45) is 3.64. The Morgan fingerprint density at radius 1 is 1.32 bits per heavy atom. The predicted molar refractivity (Wildman–Crippen MR) is 98.3 cm³/mol. The third-order valence-electron chi connectivity index (χ3n) is 5.21. The molecule has 6 nitrogen and oxygen atoms in total. The summed E-state index contributed by atoms with van der Waals surface area (Å²) in [5.41, 5.74) is 8.95. The molecular weight excluding hydrogens is 316 g/mol. The second-order valence-corrected chi connectivity index (χ2v) is 7.07. The number of anilines is 1. The van der Waals surface area contributed by atoms with Crippen LogP contribution in [0.4, 0.5) is 5.69 Å². The molecule has 1 aromatic carbocycles. The molecule has 1 aromatic rings. The number of amides is 2. The molecular formula is C19H28N4O2. The molecule has 3 rings (SSSR count). The van der Waals surface area contributed by atoms with Gasteiger partial charge in [-0.15, -0.1) is 0 Å². The van der Waals surface area contributed by atoms with Crippen molar-refractivity contribution < 1.29 is 9.59 Å². The van der Waals surface area contributed by atoms with Crippen LogP contribution in [0.5, 0.6) is 0 Å². The van der Waals surface area contributed by atoms with Crippen LogP contribution in [0.15, 0.2) is 18.2 Å². The Balaban J connectivity index is 1.46. The zero-order valence-electron chi connectivity index (χ0n) is 14.9. The maximum Gasteiger partial charge on any atom is 0.243 e. The molecule has 2 aliphatic rings. The number of rotatable bonds is 5. The van der Waals surface area contributed by atoms with E-state index in [2.05, 4.69) is 29.7 Å². The Kier molecular flexibility index (Phi) is 5.58. The van der Waals surface area contributed by atoms with E-state index in [9.17, 15) is 9.59 Å². The van der Waals surface area contributed by atoms with Crippen molar-refractivity contribution in [2.75, 3.05) is 25.0 Å². The highest BCUT2D eigenvalue weighted by atomic mass is 16.2. The van der Waals surface area contributed by atoms with Gasteiger partial charge in [0.2, 0.25) is 11.8 Å². The average Bonchev–Trinajstić information content (AvgIpc) is 3.06. The van der Waals surface area contributed by atoms with Crippen molar-refractivity contribution in [3.8, 4) is 0 Å².